The molecule has 1 aliphatic rings. The van der Waals surface area contributed by atoms with Crippen LogP contribution in [0.5, 0.6) is 11.5 Å². The zero-order valence-corrected chi connectivity index (χ0v) is 14.9. The van der Waals surface area contributed by atoms with E-state index in [1.807, 2.05) is 36.1 Å². The van der Waals surface area contributed by atoms with Crippen LogP contribution in [0.4, 0.5) is 0 Å². The summed E-state index contributed by atoms with van der Waals surface area (Å²) in [6.07, 6.45) is 3.04. The molecule has 6 nitrogen and oxygen atoms in total. The van der Waals surface area contributed by atoms with Crippen LogP contribution in [0.3, 0.4) is 0 Å². The Labute approximate surface area is 147 Å². The highest BCUT2D eigenvalue weighted by molar-refractivity contribution is 5.79. The molecule has 1 unspecified atom stereocenters. The van der Waals surface area contributed by atoms with Gasteiger partial charge in [0, 0.05) is 12.6 Å². The smallest absolute Gasteiger partial charge is 0.227 e. The molecule has 0 saturated carbocycles. The molecule has 134 valence electrons. The van der Waals surface area contributed by atoms with Crippen LogP contribution < -0.4 is 9.47 Å². The Morgan fingerprint density at radius 2 is 2.08 bits per heavy atom. The Bertz CT molecular complexity index is 741. The molecule has 1 aromatic heterocycles. The molecule has 0 aliphatic carbocycles. The van der Waals surface area contributed by atoms with E-state index < -0.39 is 0 Å². The van der Waals surface area contributed by atoms with E-state index in [9.17, 15) is 4.79 Å². The van der Waals surface area contributed by atoms with Crippen LogP contribution in [0, 0.1) is 0 Å². The van der Waals surface area contributed by atoms with Crippen molar-refractivity contribution in [3.05, 3.63) is 41.3 Å². The molecule has 1 aromatic carbocycles. The Morgan fingerprint density at radius 1 is 1.28 bits per heavy atom. The minimum Gasteiger partial charge on any atom is -0.493 e. The van der Waals surface area contributed by atoms with Crippen molar-refractivity contribution in [1.29, 1.82) is 0 Å². The summed E-state index contributed by atoms with van der Waals surface area (Å²) in [5, 5.41) is 4.06. The molecule has 0 bridgehead atoms. The minimum absolute atomic E-state index is 0.0135. The van der Waals surface area contributed by atoms with Crippen molar-refractivity contribution in [2.24, 2.45) is 0 Å². The minimum atomic E-state index is -0.0135. The summed E-state index contributed by atoms with van der Waals surface area (Å²) < 4.78 is 16.0. The zero-order chi connectivity index (χ0) is 17.8. The van der Waals surface area contributed by atoms with E-state index in [4.69, 9.17) is 14.0 Å². The van der Waals surface area contributed by atoms with Crippen LogP contribution >= 0.6 is 0 Å². The van der Waals surface area contributed by atoms with E-state index >= 15 is 0 Å². The number of methoxy groups -OCH3 is 2. The van der Waals surface area contributed by atoms with E-state index in [2.05, 4.69) is 5.16 Å². The van der Waals surface area contributed by atoms with Crippen LogP contribution in [0.15, 0.2) is 28.8 Å². The molecule has 1 aliphatic heterocycles. The van der Waals surface area contributed by atoms with Crippen LogP contribution in [0.25, 0.3) is 0 Å². The van der Waals surface area contributed by atoms with Gasteiger partial charge in [0.25, 0.3) is 0 Å². The van der Waals surface area contributed by atoms with Gasteiger partial charge in [-0.1, -0.05) is 18.1 Å². The third-order valence-electron chi connectivity index (χ3n) is 4.64. The van der Waals surface area contributed by atoms with Crippen molar-refractivity contribution in [2.45, 2.75) is 38.6 Å². The van der Waals surface area contributed by atoms with Gasteiger partial charge in [0.05, 0.1) is 32.4 Å². The first-order chi connectivity index (χ1) is 12.2. The second-order valence-electron chi connectivity index (χ2n) is 6.19. The lowest BCUT2D eigenvalue weighted by molar-refractivity contribution is -0.131. The first-order valence-electron chi connectivity index (χ1n) is 8.62. The fourth-order valence-corrected chi connectivity index (χ4v) is 3.28. The number of likely N-dealkylation sites (tertiary alicyclic amines) is 1. The van der Waals surface area contributed by atoms with Gasteiger partial charge in [-0.3, -0.25) is 4.79 Å². The van der Waals surface area contributed by atoms with Gasteiger partial charge in [0.1, 0.15) is 0 Å². The van der Waals surface area contributed by atoms with E-state index in [0.29, 0.717) is 17.9 Å². The molecule has 1 saturated heterocycles. The summed E-state index contributed by atoms with van der Waals surface area (Å²) in [5.74, 6) is 2.17. The van der Waals surface area contributed by atoms with Crippen molar-refractivity contribution in [1.82, 2.24) is 10.1 Å². The van der Waals surface area contributed by atoms with Crippen molar-refractivity contribution in [2.75, 3.05) is 20.8 Å². The largest absolute Gasteiger partial charge is 0.493 e. The number of amides is 1. The number of rotatable bonds is 6. The maximum absolute atomic E-state index is 12.8. The zero-order valence-electron chi connectivity index (χ0n) is 14.9. The molecule has 2 heterocycles. The van der Waals surface area contributed by atoms with E-state index in [1.165, 1.54) is 0 Å². The van der Waals surface area contributed by atoms with Crippen LogP contribution in [-0.2, 0) is 17.6 Å². The fraction of sp³-hybridized carbons (Fsp3) is 0.474. The van der Waals surface area contributed by atoms with Gasteiger partial charge in [-0.2, -0.15) is 0 Å². The predicted molar refractivity (Wildman–Crippen MR) is 92.8 cm³/mol. The molecule has 2 aromatic rings. The number of benzene rings is 1. The molecule has 1 amide bonds. The van der Waals surface area contributed by atoms with Crippen LogP contribution in [-0.4, -0.2) is 36.7 Å². The molecule has 0 N–H and O–H groups in total. The second kappa shape index (κ2) is 7.59. The van der Waals surface area contributed by atoms with Crippen molar-refractivity contribution in [3.8, 4) is 11.5 Å². The maximum atomic E-state index is 12.8. The number of hydrogen-bond acceptors (Lipinski definition) is 5. The molecular formula is C19H24N2O4. The Kier molecular flexibility index (Phi) is 5.26. The van der Waals surface area contributed by atoms with Crippen molar-refractivity contribution >= 4 is 5.91 Å². The molecule has 1 fully saturated rings. The second-order valence-corrected chi connectivity index (χ2v) is 6.19. The number of hydrogen-bond donors (Lipinski definition) is 0. The predicted octanol–water partition coefficient (Wildman–Crippen LogP) is 3.16. The standard InChI is InChI=1S/C19H24N2O4/c1-4-14-12-17(25-20-14)15-6-5-9-21(15)19(22)11-13-7-8-16(23-2)18(10-13)24-3/h7-8,10,12,15H,4-6,9,11H2,1-3H3. The average molecular weight is 344 g/mol. The van der Waals surface area contributed by atoms with Gasteiger partial charge in [0.2, 0.25) is 5.91 Å². The van der Waals surface area contributed by atoms with E-state index in [-0.39, 0.29) is 11.9 Å². The van der Waals surface area contributed by atoms with Gasteiger partial charge in [-0.05, 0) is 37.0 Å². The average Bonchev–Trinajstić information content (AvgIpc) is 3.30. The van der Waals surface area contributed by atoms with Gasteiger partial charge in [0.15, 0.2) is 17.3 Å². The molecule has 1 atom stereocenters. The summed E-state index contributed by atoms with van der Waals surface area (Å²) in [6, 6.07) is 7.53. The van der Waals surface area contributed by atoms with Gasteiger partial charge in [-0.15, -0.1) is 0 Å². The maximum Gasteiger partial charge on any atom is 0.227 e. The van der Waals surface area contributed by atoms with Crippen LogP contribution in [0.2, 0.25) is 0 Å². The number of nitrogens with zero attached hydrogens (tertiary/aromatic N) is 2. The molecule has 25 heavy (non-hydrogen) atoms. The van der Waals surface area contributed by atoms with E-state index in [1.54, 1.807) is 14.2 Å². The Morgan fingerprint density at radius 3 is 2.76 bits per heavy atom. The molecular weight excluding hydrogens is 320 g/mol. The number of aryl methyl sites for hydroxylation is 1. The fourth-order valence-electron chi connectivity index (χ4n) is 3.28. The van der Waals surface area contributed by atoms with Crippen molar-refractivity contribution in [3.63, 3.8) is 0 Å². The summed E-state index contributed by atoms with van der Waals surface area (Å²) in [5.41, 5.74) is 1.83. The first-order valence-corrected chi connectivity index (χ1v) is 8.62. The third-order valence-corrected chi connectivity index (χ3v) is 4.64. The number of aromatic nitrogens is 1. The van der Waals surface area contributed by atoms with Gasteiger partial charge < -0.3 is 18.9 Å². The summed E-state index contributed by atoms with van der Waals surface area (Å²) >= 11 is 0. The summed E-state index contributed by atoms with van der Waals surface area (Å²) in [6.45, 7) is 2.79. The summed E-state index contributed by atoms with van der Waals surface area (Å²) in [7, 11) is 3.19. The number of carbonyl (C=O) groups is 1. The molecule has 0 spiro atoms. The molecule has 0 radical (unpaired) electrons. The van der Waals surface area contributed by atoms with Crippen LogP contribution in [0.1, 0.15) is 42.8 Å². The van der Waals surface area contributed by atoms with Gasteiger partial charge >= 0.3 is 0 Å². The number of ether oxygens (including phenoxy) is 2. The molecule has 3 rings (SSSR count). The SMILES string of the molecule is CCc1cc(C2CCCN2C(=O)Cc2ccc(OC)c(OC)c2)on1. The highest BCUT2D eigenvalue weighted by atomic mass is 16.5. The Hall–Kier alpha value is -2.50. The highest BCUT2D eigenvalue weighted by Crippen LogP contribution is 2.33. The topological polar surface area (TPSA) is 64.8 Å². The highest BCUT2D eigenvalue weighted by Gasteiger charge is 2.32. The monoisotopic (exact) mass is 344 g/mol. The van der Waals surface area contributed by atoms with Gasteiger partial charge in [-0.25, -0.2) is 0 Å². The lowest BCUT2D eigenvalue weighted by atomic mass is 10.1. The van der Waals surface area contributed by atoms with Crippen molar-refractivity contribution < 1.29 is 18.8 Å². The molecule has 6 heteroatoms. The lowest BCUT2D eigenvalue weighted by Gasteiger charge is -2.23. The third kappa shape index (κ3) is 3.62. The summed E-state index contributed by atoms with van der Waals surface area (Å²) in [4.78, 5) is 14.7. The van der Waals surface area contributed by atoms with E-state index in [0.717, 1.165) is 42.8 Å². The Balaban J connectivity index is 1.73. The first kappa shape index (κ1) is 17.3. The number of carbonyl (C=O) groups excluding carboxylic acids is 1. The normalized spacial score (nSPS) is 16.9. The lowest BCUT2D eigenvalue weighted by Crippen LogP contribution is -2.31. The quantitative estimate of drug-likeness (QED) is 0.805.